The molecule has 0 aromatic heterocycles. The second-order valence-corrected chi connectivity index (χ2v) is 5.90. The van der Waals surface area contributed by atoms with E-state index in [9.17, 15) is 14.0 Å². The number of rotatable bonds is 2. The van der Waals surface area contributed by atoms with Crippen LogP contribution in [0, 0.1) is 5.82 Å². The molecule has 0 radical (unpaired) electrons. The van der Waals surface area contributed by atoms with Gasteiger partial charge in [-0.1, -0.05) is 6.07 Å². The molecule has 2 amide bonds. The summed E-state index contributed by atoms with van der Waals surface area (Å²) in [6, 6.07) is 9.51. The summed E-state index contributed by atoms with van der Waals surface area (Å²) < 4.78 is 13.2. The zero-order chi connectivity index (χ0) is 16.0. The summed E-state index contributed by atoms with van der Waals surface area (Å²) in [6.45, 7) is 0.691. The van der Waals surface area contributed by atoms with Gasteiger partial charge in [-0.15, -0.1) is 0 Å². The van der Waals surface area contributed by atoms with E-state index in [1.165, 1.54) is 12.1 Å². The van der Waals surface area contributed by atoms with E-state index in [2.05, 4.69) is 5.32 Å². The Morgan fingerprint density at radius 2 is 1.87 bits per heavy atom. The first-order chi connectivity index (χ1) is 11.1. The van der Waals surface area contributed by atoms with E-state index in [1.807, 2.05) is 17.0 Å². The van der Waals surface area contributed by atoms with Crippen LogP contribution in [-0.4, -0.2) is 18.4 Å². The highest BCUT2D eigenvalue weighted by atomic mass is 19.1. The van der Waals surface area contributed by atoms with Crippen LogP contribution < -0.4 is 10.2 Å². The first kappa shape index (κ1) is 13.9. The number of nitrogens with one attached hydrogen (secondary N) is 1. The van der Waals surface area contributed by atoms with Crippen LogP contribution in [0.5, 0.6) is 0 Å². The third-order valence-electron chi connectivity index (χ3n) is 4.40. The summed E-state index contributed by atoms with van der Waals surface area (Å²) in [5.41, 5.74) is 4.06. The number of anilines is 2. The molecule has 0 bridgehead atoms. The van der Waals surface area contributed by atoms with Crippen LogP contribution in [0.4, 0.5) is 15.8 Å². The minimum Gasteiger partial charge on any atom is -0.322 e. The Balaban J connectivity index is 1.66. The van der Waals surface area contributed by atoms with Gasteiger partial charge in [0.15, 0.2) is 0 Å². The van der Waals surface area contributed by atoms with Crippen molar-refractivity contribution >= 4 is 23.2 Å². The fraction of sp³-hybridized carbons (Fsp3) is 0.222. The molecule has 2 aromatic carbocycles. The second kappa shape index (κ2) is 5.19. The summed E-state index contributed by atoms with van der Waals surface area (Å²) in [4.78, 5) is 26.2. The minimum absolute atomic E-state index is 0.160. The van der Waals surface area contributed by atoms with Gasteiger partial charge in [0.05, 0.1) is 5.69 Å². The third-order valence-corrected chi connectivity index (χ3v) is 4.40. The lowest BCUT2D eigenvalue weighted by Crippen LogP contribution is -2.33. The van der Waals surface area contributed by atoms with E-state index in [4.69, 9.17) is 0 Å². The van der Waals surface area contributed by atoms with Gasteiger partial charge in [0.25, 0.3) is 5.91 Å². The maximum Gasteiger partial charge on any atom is 0.255 e. The van der Waals surface area contributed by atoms with E-state index in [0.717, 1.165) is 23.2 Å². The topological polar surface area (TPSA) is 49.4 Å². The van der Waals surface area contributed by atoms with Gasteiger partial charge >= 0.3 is 0 Å². The van der Waals surface area contributed by atoms with Crippen molar-refractivity contribution in [2.75, 3.05) is 16.8 Å². The Hall–Kier alpha value is -2.69. The number of nitrogens with zero attached hydrogens (tertiary/aromatic N) is 1. The Morgan fingerprint density at radius 1 is 1.09 bits per heavy atom. The molecular formula is C18H15FN2O2. The van der Waals surface area contributed by atoms with Crippen molar-refractivity contribution in [3.05, 3.63) is 58.9 Å². The molecule has 0 unspecified atom stereocenters. The van der Waals surface area contributed by atoms with Crippen LogP contribution in [0.1, 0.15) is 27.9 Å². The van der Waals surface area contributed by atoms with Crippen LogP contribution in [0.3, 0.4) is 0 Å². The highest BCUT2D eigenvalue weighted by Crippen LogP contribution is 2.37. The Bertz CT molecular complexity index is 832. The number of aryl methyl sites for hydroxylation is 1. The zero-order valence-electron chi connectivity index (χ0n) is 12.4. The number of amides is 2. The average molecular weight is 310 g/mol. The van der Waals surface area contributed by atoms with Crippen LogP contribution in [0.2, 0.25) is 0 Å². The average Bonchev–Trinajstić information content (AvgIpc) is 2.96. The van der Waals surface area contributed by atoms with Gasteiger partial charge < -0.3 is 10.2 Å². The molecular weight excluding hydrogens is 295 g/mol. The molecule has 2 heterocycles. The summed E-state index contributed by atoms with van der Waals surface area (Å²) >= 11 is 0. The van der Waals surface area contributed by atoms with Crippen LogP contribution in [0.15, 0.2) is 36.4 Å². The molecule has 23 heavy (non-hydrogen) atoms. The molecule has 0 saturated heterocycles. The summed E-state index contributed by atoms with van der Waals surface area (Å²) in [5.74, 6) is -0.487. The maximum absolute atomic E-state index is 13.2. The summed E-state index contributed by atoms with van der Waals surface area (Å²) in [7, 11) is 0. The minimum atomic E-state index is -0.388. The second-order valence-electron chi connectivity index (χ2n) is 5.90. The van der Waals surface area contributed by atoms with Gasteiger partial charge in [0, 0.05) is 24.2 Å². The van der Waals surface area contributed by atoms with Crippen molar-refractivity contribution in [3.8, 4) is 0 Å². The molecule has 0 atom stereocenters. The Morgan fingerprint density at radius 3 is 2.65 bits per heavy atom. The predicted molar refractivity (Wildman–Crippen MR) is 85.2 cm³/mol. The molecule has 0 fully saturated rings. The summed E-state index contributed by atoms with van der Waals surface area (Å²) in [5, 5.41) is 2.72. The lowest BCUT2D eigenvalue weighted by Gasteiger charge is -2.25. The molecule has 0 saturated carbocycles. The predicted octanol–water partition coefficient (Wildman–Crippen LogP) is 2.91. The van der Waals surface area contributed by atoms with Crippen molar-refractivity contribution in [2.45, 2.75) is 19.3 Å². The largest absolute Gasteiger partial charge is 0.322 e. The SMILES string of the molecule is O=C(Nc1cccc(F)c1)c1cc2c3c(c1)CCN3C(=O)CC2. The van der Waals surface area contributed by atoms with E-state index in [0.29, 0.717) is 30.6 Å². The molecule has 4 nitrogen and oxygen atoms in total. The molecule has 116 valence electrons. The molecule has 5 heteroatoms. The monoisotopic (exact) mass is 310 g/mol. The number of hydrogen-bond acceptors (Lipinski definition) is 2. The van der Waals surface area contributed by atoms with Gasteiger partial charge in [-0.2, -0.15) is 0 Å². The first-order valence-electron chi connectivity index (χ1n) is 7.65. The fourth-order valence-electron chi connectivity index (χ4n) is 3.36. The molecule has 0 spiro atoms. The molecule has 2 aliphatic rings. The number of halogens is 1. The number of carbonyl (C=O) groups is 2. The molecule has 1 N–H and O–H groups in total. The summed E-state index contributed by atoms with van der Waals surface area (Å²) in [6.07, 6.45) is 1.93. The lowest BCUT2D eigenvalue weighted by atomic mass is 9.96. The molecule has 4 rings (SSSR count). The van der Waals surface area contributed by atoms with E-state index in [-0.39, 0.29) is 17.6 Å². The molecule has 2 aromatic rings. The normalized spacial score (nSPS) is 15.5. The third kappa shape index (κ3) is 2.38. The van der Waals surface area contributed by atoms with Crippen LogP contribution in [0.25, 0.3) is 0 Å². The smallest absolute Gasteiger partial charge is 0.255 e. The number of benzene rings is 2. The zero-order valence-corrected chi connectivity index (χ0v) is 12.4. The van der Waals surface area contributed by atoms with Crippen LogP contribution >= 0.6 is 0 Å². The first-order valence-corrected chi connectivity index (χ1v) is 7.65. The van der Waals surface area contributed by atoms with Crippen molar-refractivity contribution in [3.63, 3.8) is 0 Å². The quantitative estimate of drug-likeness (QED) is 0.927. The van der Waals surface area contributed by atoms with Gasteiger partial charge in [-0.25, -0.2) is 4.39 Å². The van der Waals surface area contributed by atoms with Crippen molar-refractivity contribution in [1.82, 2.24) is 0 Å². The van der Waals surface area contributed by atoms with E-state index in [1.54, 1.807) is 12.1 Å². The maximum atomic E-state index is 13.2. The Labute approximate surface area is 132 Å². The van der Waals surface area contributed by atoms with Crippen molar-refractivity contribution < 1.29 is 14.0 Å². The number of carbonyl (C=O) groups excluding carboxylic acids is 2. The lowest BCUT2D eigenvalue weighted by molar-refractivity contribution is -0.118. The van der Waals surface area contributed by atoms with E-state index >= 15 is 0 Å². The highest BCUT2D eigenvalue weighted by Gasteiger charge is 2.31. The molecule has 0 aliphatic carbocycles. The fourth-order valence-corrected chi connectivity index (χ4v) is 3.36. The van der Waals surface area contributed by atoms with Gasteiger partial charge in [-0.05, 0) is 54.3 Å². The molecule has 2 aliphatic heterocycles. The van der Waals surface area contributed by atoms with Crippen molar-refractivity contribution in [1.29, 1.82) is 0 Å². The van der Waals surface area contributed by atoms with Gasteiger partial charge in [-0.3, -0.25) is 9.59 Å². The van der Waals surface area contributed by atoms with Crippen LogP contribution in [-0.2, 0) is 17.6 Å². The Kier molecular flexibility index (Phi) is 3.15. The van der Waals surface area contributed by atoms with E-state index < -0.39 is 0 Å². The van der Waals surface area contributed by atoms with Crippen molar-refractivity contribution in [2.24, 2.45) is 0 Å². The highest BCUT2D eigenvalue weighted by molar-refractivity contribution is 6.06. The van der Waals surface area contributed by atoms with Gasteiger partial charge in [0.2, 0.25) is 5.91 Å². The standard InChI is InChI=1S/C18H15FN2O2/c19-14-2-1-3-15(10-14)20-18(23)13-8-11-4-5-16(22)21-7-6-12(9-13)17(11)21/h1-3,8-10H,4-7H2,(H,20,23). The number of hydrogen-bond donors (Lipinski definition) is 1. The van der Waals surface area contributed by atoms with Gasteiger partial charge in [0.1, 0.15) is 5.82 Å².